The average molecular weight is 484 g/mol. The van der Waals surface area contributed by atoms with Crippen LogP contribution in [-0.4, -0.2) is 76.2 Å². The van der Waals surface area contributed by atoms with E-state index in [0.717, 1.165) is 23.7 Å². The van der Waals surface area contributed by atoms with Crippen LogP contribution in [0.5, 0.6) is 0 Å². The molecule has 0 spiro atoms. The topological polar surface area (TPSA) is 114 Å². The van der Waals surface area contributed by atoms with Crippen LogP contribution >= 0.6 is 8.96 Å². The number of rotatable bonds is 13. The minimum Gasteiger partial charge on any atom is -0.428 e. The van der Waals surface area contributed by atoms with Gasteiger partial charge in [0.2, 0.25) is 11.8 Å². The summed E-state index contributed by atoms with van der Waals surface area (Å²) in [6, 6.07) is 2.89. The van der Waals surface area contributed by atoms with Gasteiger partial charge in [0.1, 0.15) is 14.7 Å². The fourth-order valence-electron chi connectivity index (χ4n) is 5.06. The number of amides is 2. The zero-order valence-electron chi connectivity index (χ0n) is 20.4. The molecule has 0 aromatic rings. The number of nitrogens with two attached hydrogens (primary N) is 1. The molecule has 2 unspecified atom stereocenters. The van der Waals surface area contributed by atoms with Crippen molar-refractivity contribution < 1.29 is 23.3 Å². The van der Waals surface area contributed by atoms with Crippen molar-refractivity contribution >= 4 is 43.0 Å². The van der Waals surface area contributed by atoms with Crippen molar-refractivity contribution in [3.05, 3.63) is 11.3 Å². The summed E-state index contributed by atoms with van der Waals surface area (Å²) in [5.41, 5.74) is 6.45. The van der Waals surface area contributed by atoms with Gasteiger partial charge >= 0.3 is 5.97 Å². The molecule has 0 aliphatic carbocycles. The molecule has 180 valence electrons. The number of carbonyl (C=O) groups excluding carboxylic acids is 3. The maximum atomic E-state index is 13.3. The molecular weight excluding hydrogens is 446 g/mol. The van der Waals surface area contributed by atoms with Gasteiger partial charge in [0.15, 0.2) is 16.3 Å². The fourth-order valence-corrected chi connectivity index (χ4v) is 8.28. The Kier molecular flexibility index (Phi) is 9.48. The highest BCUT2D eigenvalue weighted by molar-refractivity contribution is 7.32. The highest BCUT2D eigenvalue weighted by atomic mass is 31.1. The zero-order valence-corrected chi connectivity index (χ0v) is 22.4. The molecule has 0 aromatic carbocycles. The van der Waals surface area contributed by atoms with E-state index in [0.29, 0.717) is 12.2 Å². The molecule has 2 aliphatic heterocycles. The zero-order chi connectivity index (χ0) is 24.2. The number of nitrogens with zero attached hydrogens (tertiary/aromatic N) is 2. The average Bonchev–Trinajstić information content (AvgIpc) is 2.98. The Labute approximate surface area is 195 Å². The number of primary amides is 1. The number of carbonyl (C=O) groups is 3. The molecule has 3 N–H and O–H groups in total. The Morgan fingerprint density at radius 2 is 1.91 bits per heavy atom. The number of fused-ring (bicyclic) bond motifs is 1. The van der Waals surface area contributed by atoms with Crippen LogP contribution in [0.3, 0.4) is 0 Å². The maximum absolute atomic E-state index is 13.3. The lowest BCUT2D eigenvalue weighted by atomic mass is 9.77. The minimum absolute atomic E-state index is 0.0551. The third-order valence-electron chi connectivity index (χ3n) is 6.98. The molecule has 2 amide bonds. The van der Waals surface area contributed by atoms with E-state index in [-0.39, 0.29) is 45.4 Å². The Balaban J connectivity index is 2.31. The normalized spacial score (nSPS) is 24.3. The first-order valence-corrected chi connectivity index (χ1v) is 14.8. The van der Waals surface area contributed by atoms with Gasteiger partial charge in [0.05, 0.1) is 24.6 Å². The second kappa shape index (κ2) is 11.2. The first-order chi connectivity index (χ1) is 15.1. The molecule has 1 saturated heterocycles. The van der Waals surface area contributed by atoms with E-state index in [9.17, 15) is 14.4 Å². The monoisotopic (exact) mass is 484 g/mol. The highest BCUT2D eigenvalue weighted by Crippen LogP contribution is 2.48. The summed E-state index contributed by atoms with van der Waals surface area (Å²) < 4.78 is 12.0. The van der Waals surface area contributed by atoms with E-state index in [1.165, 1.54) is 0 Å². The molecule has 2 rings (SSSR count). The third-order valence-corrected chi connectivity index (χ3v) is 12.2. The summed E-state index contributed by atoms with van der Waals surface area (Å²) in [5, 5.41) is 0. The number of β-lactam (4-membered cyclic amide) rings is 1. The van der Waals surface area contributed by atoms with Gasteiger partial charge in [-0.2, -0.15) is 0 Å². The largest absolute Gasteiger partial charge is 0.428 e. The summed E-state index contributed by atoms with van der Waals surface area (Å²) >= 11 is 0. The third kappa shape index (κ3) is 5.28. The molecule has 2 aliphatic rings. The van der Waals surface area contributed by atoms with Crippen LogP contribution in [0, 0.1) is 11.8 Å². The Morgan fingerprint density at radius 3 is 2.41 bits per heavy atom. The minimum atomic E-state index is -1.88. The van der Waals surface area contributed by atoms with E-state index >= 15 is 0 Å². The van der Waals surface area contributed by atoms with Crippen LogP contribution in [0.15, 0.2) is 11.3 Å². The van der Waals surface area contributed by atoms with Gasteiger partial charge in [0.25, 0.3) is 0 Å². The number of hydrogen-bond donors (Lipinski definition) is 2. The van der Waals surface area contributed by atoms with Crippen LogP contribution in [0.1, 0.15) is 34.6 Å². The van der Waals surface area contributed by atoms with Crippen LogP contribution < -0.4 is 10.7 Å². The van der Waals surface area contributed by atoms with Crippen LogP contribution in [0.25, 0.3) is 0 Å². The van der Waals surface area contributed by atoms with Gasteiger partial charge in [-0.1, -0.05) is 27.7 Å². The van der Waals surface area contributed by atoms with Gasteiger partial charge in [0, 0.05) is 12.5 Å². The summed E-state index contributed by atoms with van der Waals surface area (Å²) in [7, 11) is 1.38. The lowest BCUT2D eigenvalue weighted by Crippen LogP contribution is -2.65. The second-order valence-corrected chi connectivity index (χ2v) is 14.5. The molecule has 32 heavy (non-hydrogen) atoms. The summed E-state index contributed by atoms with van der Waals surface area (Å²) in [4.78, 5) is 43.7. The maximum Gasteiger partial charge on any atom is 0.358 e. The number of hydrogen-bond acceptors (Lipinski definition) is 7. The van der Waals surface area contributed by atoms with E-state index in [1.54, 1.807) is 24.8 Å². The van der Waals surface area contributed by atoms with Crippen molar-refractivity contribution in [2.24, 2.45) is 17.6 Å². The van der Waals surface area contributed by atoms with Gasteiger partial charge in [-0.25, -0.2) is 4.79 Å². The molecule has 12 heteroatoms. The van der Waals surface area contributed by atoms with Crippen molar-refractivity contribution in [1.82, 2.24) is 14.8 Å². The van der Waals surface area contributed by atoms with Crippen molar-refractivity contribution in [3.63, 3.8) is 0 Å². The second-order valence-electron chi connectivity index (χ2n) is 8.83. The first-order valence-electron chi connectivity index (χ1n) is 11.4. The quantitative estimate of drug-likeness (QED) is 0.225. The summed E-state index contributed by atoms with van der Waals surface area (Å²) in [6.07, 6.45) is -0.211. The van der Waals surface area contributed by atoms with Gasteiger partial charge < -0.3 is 24.6 Å². The molecule has 0 saturated carbocycles. The van der Waals surface area contributed by atoms with Crippen molar-refractivity contribution in [3.8, 4) is 0 Å². The standard InChI is InChI=1S/C20H38BN4O5PSi/c1-7-32(8-2,9-3)30-13(5)16-17-12(4)14(10-24(6)11-15(22)26)18(25(17)19(16)27)20(28)29-31-23-21/h12-13,16-17,23,31H,7-11,21H2,1-6H3,(H2,22,26)/t12-,13+,16+,17?/m0/s1. The van der Waals surface area contributed by atoms with E-state index in [4.69, 9.17) is 14.7 Å². The summed E-state index contributed by atoms with van der Waals surface area (Å²) in [6.45, 7) is 11.0. The Hall–Kier alpha value is -1.26. The van der Waals surface area contributed by atoms with Crippen molar-refractivity contribution in [2.45, 2.75) is 64.9 Å². The Bertz CT molecular complexity index is 758. The van der Waals surface area contributed by atoms with E-state index in [2.05, 4.69) is 25.8 Å². The Morgan fingerprint density at radius 1 is 1.31 bits per heavy atom. The molecule has 0 aromatic heterocycles. The van der Waals surface area contributed by atoms with Gasteiger partial charge in [-0.05, 0) is 37.7 Å². The predicted molar refractivity (Wildman–Crippen MR) is 131 cm³/mol. The SMILES string of the molecule is BNPOC(=O)C1=C(CN(C)CC(N)=O)[C@H](C)C2[C@@H]([C@@H](C)O[Si](CC)(CC)CC)C(=O)N12. The van der Waals surface area contributed by atoms with Crippen LogP contribution in [-0.2, 0) is 23.3 Å². The first kappa shape index (κ1) is 27.0. The predicted octanol–water partition coefficient (Wildman–Crippen LogP) is 0.734. The molecule has 0 radical (unpaired) electrons. The lowest BCUT2D eigenvalue weighted by Gasteiger charge is -2.49. The smallest absolute Gasteiger partial charge is 0.358 e. The van der Waals surface area contributed by atoms with Crippen LogP contribution in [0.4, 0.5) is 0 Å². The van der Waals surface area contributed by atoms with E-state index < -0.39 is 20.2 Å². The number of nitrogens with one attached hydrogen (secondary N) is 1. The highest BCUT2D eigenvalue weighted by Gasteiger charge is 2.60. The van der Waals surface area contributed by atoms with Crippen molar-refractivity contribution in [1.29, 1.82) is 0 Å². The summed E-state index contributed by atoms with van der Waals surface area (Å²) in [5.74, 6) is -1.41. The van der Waals surface area contributed by atoms with Gasteiger partial charge in [-0.15, -0.1) is 0 Å². The lowest BCUT2D eigenvalue weighted by molar-refractivity contribution is -0.161. The van der Waals surface area contributed by atoms with Gasteiger partial charge in [-0.3, -0.25) is 14.5 Å². The molecule has 0 bridgehead atoms. The number of likely N-dealkylation sites (N-methyl/N-ethyl adjacent to an activating group) is 1. The molecule has 1 fully saturated rings. The van der Waals surface area contributed by atoms with Crippen molar-refractivity contribution in [2.75, 3.05) is 20.1 Å². The van der Waals surface area contributed by atoms with Crippen LogP contribution in [0.2, 0.25) is 18.1 Å². The molecule has 5 atom stereocenters. The fraction of sp³-hybridized carbons (Fsp3) is 0.750. The van der Waals surface area contributed by atoms with E-state index in [1.807, 2.05) is 13.8 Å². The molecular formula is C20H38BN4O5PSi. The molecule has 9 nitrogen and oxygen atoms in total. The molecule has 2 heterocycles.